The highest BCUT2D eigenvalue weighted by atomic mass is 31.2. The van der Waals surface area contributed by atoms with Crippen LogP contribution in [-0.4, -0.2) is 71.9 Å². The van der Waals surface area contributed by atoms with Crippen LogP contribution < -0.4 is 5.09 Å². The topological polar surface area (TPSA) is 138 Å². The highest BCUT2D eigenvalue weighted by Gasteiger charge is 2.45. The van der Waals surface area contributed by atoms with E-state index >= 15 is 0 Å². The Hall–Kier alpha value is -0.0900. The number of nitrogens with one attached hydrogen (secondary N) is 1. The van der Waals surface area contributed by atoms with E-state index in [9.17, 15) is 19.9 Å². The molecule has 5 unspecified atom stereocenters. The van der Waals surface area contributed by atoms with Crippen molar-refractivity contribution < 1.29 is 38.8 Å². The number of rotatable bonds is 5. The van der Waals surface area contributed by atoms with Gasteiger partial charge in [-0.1, -0.05) is 0 Å². The molecule has 1 saturated heterocycles. The van der Waals surface area contributed by atoms with Crippen LogP contribution in [0.5, 0.6) is 0 Å². The molecule has 108 valence electrons. The van der Waals surface area contributed by atoms with Crippen molar-refractivity contribution in [1.82, 2.24) is 5.09 Å². The summed E-state index contributed by atoms with van der Waals surface area (Å²) < 4.78 is 26.1. The first-order valence-electron chi connectivity index (χ1n) is 5.18. The van der Waals surface area contributed by atoms with E-state index in [2.05, 4.69) is 14.1 Å². The molecule has 0 aromatic heterocycles. The minimum absolute atomic E-state index is 0.576. The van der Waals surface area contributed by atoms with E-state index in [1.54, 1.807) is 0 Å². The Labute approximate surface area is 104 Å². The normalized spacial score (nSPS) is 37.8. The van der Waals surface area contributed by atoms with E-state index in [4.69, 9.17) is 9.84 Å². The lowest BCUT2D eigenvalue weighted by Gasteiger charge is -2.40. The number of hydrogen-bond acceptors (Lipinski definition) is 8. The van der Waals surface area contributed by atoms with E-state index < -0.39 is 45.0 Å². The maximum atomic E-state index is 11.8. The van der Waals surface area contributed by atoms with E-state index in [-0.39, 0.29) is 0 Å². The SMILES string of the molecule is COP(=O)(NC1OC(CO)C(O)C(O)C1O)OC. The minimum atomic E-state index is -3.68. The molecule has 9 nitrogen and oxygen atoms in total. The van der Waals surface area contributed by atoms with Crippen LogP contribution in [0.4, 0.5) is 0 Å². The molecule has 10 heteroatoms. The van der Waals surface area contributed by atoms with Crippen molar-refractivity contribution in [2.45, 2.75) is 30.6 Å². The van der Waals surface area contributed by atoms with Crippen LogP contribution in [0.1, 0.15) is 0 Å². The number of aliphatic hydroxyl groups excluding tert-OH is 4. The molecule has 0 aromatic rings. The van der Waals surface area contributed by atoms with Gasteiger partial charge in [-0.3, -0.25) is 0 Å². The lowest BCUT2D eigenvalue weighted by Crippen LogP contribution is -2.61. The van der Waals surface area contributed by atoms with Crippen LogP contribution in [0.25, 0.3) is 0 Å². The molecule has 18 heavy (non-hydrogen) atoms. The second-order valence-electron chi connectivity index (χ2n) is 3.74. The minimum Gasteiger partial charge on any atom is -0.394 e. The van der Waals surface area contributed by atoms with Crippen molar-refractivity contribution in [3.63, 3.8) is 0 Å². The van der Waals surface area contributed by atoms with Crippen LogP contribution in [-0.2, 0) is 18.3 Å². The summed E-state index contributed by atoms with van der Waals surface area (Å²) in [4.78, 5) is 0. The summed E-state index contributed by atoms with van der Waals surface area (Å²) in [6.07, 6.45) is -7.00. The molecule has 0 radical (unpaired) electrons. The second kappa shape index (κ2) is 6.38. The Balaban J connectivity index is 2.79. The number of aliphatic hydroxyl groups is 4. The summed E-state index contributed by atoms with van der Waals surface area (Å²) in [5.74, 6) is 0. The van der Waals surface area contributed by atoms with Gasteiger partial charge in [-0.05, 0) is 0 Å². The smallest absolute Gasteiger partial charge is 0.394 e. The zero-order chi connectivity index (χ0) is 13.9. The fraction of sp³-hybridized carbons (Fsp3) is 1.00. The van der Waals surface area contributed by atoms with Crippen molar-refractivity contribution in [2.75, 3.05) is 20.8 Å². The van der Waals surface area contributed by atoms with Gasteiger partial charge in [0.1, 0.15) is 30.6 Å². The molecule has 5 atom stereocenters. The summed E-state index contributed by atoms with van der Waals surface area (Å²) in [5.41, 5.74) is 0. The molecular weight excluding hydrogens is 269 g/mol. The van der Waals surface area contributed by atoms with E-state index in [1.165, 1.54) is 0 Å². The Morgan fingerprint density at radius 2 is 1.72 bits per heavy atom. The van der Waals surface area contributed by atoms with Gasteiger partial charge in [-0.2, -0.15) is 5.09 Å². The quantitative estimate of drug-likeness (QED) is 0.356. The molecule has 1 rings (SSSR count). The first kappa shape index (κ1) is 16.0. The van der Waals surface area contributed by atoms with Crippen LogP contribution in [0, 0.1) is 0 Å². The Bertz CT molecular complexity index is 305. The number of ether oxygens (including phenoxy) is 1. The van der Waals surface area contributed by atoms with Gasteiger partial charge in [0, 0.05) is 14.2 Å². The average molecular weight is 287 g/mol. The highest BCUT2D eigenvalue weighted by Crippen LogP contribution is 2.43. The maximum Gasteiger partial charge on any atom is 0.407 e. The summed E-state index contributed by atoms with van der Waals surface area (Å²) in [6, 6.07) is 0. The molecule has 0 amide bonds. The van der Waals surface area contributed by atoms with E-state index in [1.807, 2.05) is 0 Å². The fourth-order valence-corrected chi connectivity index (χ4v) is 2.43. The molecule has 1 aliphatic heterocycles. The van der Waals surface area contributed by atoms with Crippen molar-refractivity contribution in [3.8, 4) is 0 Å². The first-order chi connectivity index (χ1) is 8.38. The molecule has 1 heterocycles. The lowest BCUT2D eigenvalue weighted by molar-refractivity contribution is -0.232. The number of hydrogen-bond donors (Lipinski definition) is 5. The molecule has 0 aliphatic carbocycles. The third kappa shape index (κ3) is 3.27. The third-order valence-electron chi connectivity index (χ3n) is 2.66. The van der Waals surface area contributed by atoms with Crippen LogP contribution in [0.15, 0.2) is 0 Å². The first-order valence-corrected chi connectivity index (χ1v) is 6.72. The van der Waals surface area contributed by atoms with E-state index in [0.717, 1.165) is 14.2 Å². The monoisotopic (exact) mass is 287 g/mol. The van der Waals surface area contributed by atoms with Gasteiger partial charge in [0.05, 0.1) is 6.61 Å². The predicted octanol–water partition coefficient (Wildman–Crippen LogP) is -2.22. The van der Waals surface area contributed by atoms with Crippen LogP contribution in [0.2, 0.25) is 0 Å². The van der Waals surface area contributed by atoms with Crippen molar-refractivity contribution in [3.05, 3.63) is 0 Å². The van der Waals surface area contributed by atoms with E-state index in [0.29, 0.717) is 0 Å². The third-order valence-corrected chi connectivity index (χ3v) is 4.19. The Morgan fingerprint density at radius 3 is 2.17 bits per heavy atom. The predicted molar refractivity (Wildman–Crippen MR) is 58.5 cm³/mol. The summed E-state index contributed by atoms with van der Waals surface area (Å²) in [6.45, 7) is -0.576. The van der Waals surface area contributed by atoms with Gasteiger partial charge in [0.2, 0.25) is 0 Å². The van der Waals surface area contributed by atoms with Crippen molar-refractivity contribution >= 4 is 7.75 Å². The Kier molecular flexibility index (Phi) is 5.66. The summed E-state index contributed by atoms with van der Waals surface area (Å²) in [5, 5.41) is 39.9. The Morgan fingerprint density at radius 1 is 1.17 bits per heavy atom. The molecule has 0 saturated carbocycles. The highest BCUT2D eigenvalue weighted by molar-refractivity contribution is 7.51. The molecule has 0 aromatic carbocycles. The standard InChI is InChI=1S/C8H18NO8P/c1-15-18(14,16-2)9-8-7(13)6(12)5(11)4(3-10)17-8/h4-8,10-13H,3H2,1-2H3,(H,9,14). The molecule has 1 aliphatic rings. The zero-order valence-corrected chi connectivity index (χ0v) is 10.9. The van der Waals surface area contributed by atoms with Gasteiger partial charge in [-0.15, -0.1) is 0 Å². The maximum absolute atomic E-state index is 11.8. The summed E-state index contributed by atoms with van der Waals surface area (Å²) in [7, 11) is -1.43. The van der Waals surface area contributed by atoms with Gasteiger partial charge in [-0.25, -0.2) is 4.57 Å². The van der Waals surface area contributed by atoms with Crippen molar-refractivity contribution in [1.29, 1.82) is 0 Å². The van der Waals surface area contributed by atoms with Gasteiger partial charge in [0.25, 0.3) is 0 Å². The molecule has 0 spiro atoms. The average Bonchev–Trinajstić information content (AvgIpc) is 2.39. The lowest BCUT2D eigenvalue weighted by atomic mass is 9.99. The van der Waals surface area contributed by atoms with Crippen molar-refractivity contribution in [2.24, 2.45) is 0 Å². The summed E-state index contributed by atoms with van der Waals surface area (Å²) >= 11 is 0. The second-order valence-corrected chi connectivity index (χ2v) is 5.72. The van der Waals surface area contributed by atoms with Gasteiger partial charge in [0.15, 0.2) is 0 Å². The van der Waals surface area contributed by atoms with Gasteiger partial charge >= 0.3 is 7.75 Å². The van der Waals surface area contributed by atoms with Gasteiger partial charge < -0.3 is 34.2 Å². The fourth-order valence-electron chi connectivity index (χ4n) is 1.54. The molecule has 0 bridgehead atoms. The molecule has 1 fully saturated rings. The molecule has 5 N–H and O–H groups in total. The van der Waals surface area contributed by atoms with Crippen LogP contribution in [0.3, 0.4) is 0 Å². The largest absolute Gasteiger partial charge is 0.407 e. The molecular formula is C8H18NO8P. The van der Waals surface area contributed by atoms with Crippen LogP contribution >= 0.6 is 7.75 Å². The zero-order valence-electron chi connectivity index (χ0n) is 9.96.